The maximum absolute atomic E-state index is 12.8. The predicted molar refractivity (Wildman–Crippen MR) is 121 cm³/mol. The van der Waals surface area contributed by atoms with E-state index in [0.717, 1.165) is 48.2 Å². The van der Waals surface area contributed by atoms with Crippen molar-refractivity contribution in [2.75, 3.05) is 19.7 Å². The fraction of sp³-hybridized carbons (Fsp3) is 0.565. The summed E-state index contributed by atoms with van der Waals surface area (Å²) in [5, 5.41) is 11.3. The van der Waals surface area contributed by atoms with Crippen molar-refractivity contribution in [1.82, 2.24) is 14.9 Å². The van der Waals surface area contributed by atoms with E-state index in [-0.39, 0.29) is 12.2 Å². The lowest BCUT2D eigenvalue weighted by Gasteiger charge is -2.25. The standard InChI is InChI=1S/C23H31N3O4S/c1-15(2)8-9-26(11-16(27)13-29-14-17-5-4-10-30-17)12-20-24-22(28)21-18-6-3-7-19(18)31-23(21)25-20/h4-5,10,15-16,27H,3,6-9,11-14H2,1-2H3,(H,24,25,28)/t16-/m1/s1. The van der Waals surface area contributed by atoms with Gasteiger partial charge in [0.2, 0.25) is 0 Å². The number of aliphatic hydroxyl groups excluding tert-OH is 1. The quantitative estimate of drug-likeness (QED) is 0.469. The maximum atomic E-state index is 12.8. The first-order chi connectivity index (χ1) is 15.0. The fourth-order valence-electron chi connectivity index (χ4n) is 4.05. The van der Waals surface area contributed by atoms with Crippen LogP contribution in [-0.2, 0) is 30.7 Å². The molecule has 2 N–H and O–H groups in total. The molecule has 0 spiro atoms. The minimum Gasteiger partial charge on any atom is -0.467 e. The molecule has 1 atom stereocenters. The zero-order chi connectivity index (χ0) is 21.8. The molecule has 0 saturated heterocycles. The average molecular weight is 446 g/mol. The van der Waals surface area contributed by atoms with Crippen molar-refractivity contribution in [3.63, 3.8) is 0 Å². The number of aromatic amines is 1. The third-order valence-electron chi connectivity index (χ3n) is 5.62. The minimum atomic E-state index is -0.636. The number of nitrogens with zero attached hydrogens (tertiary/aromatic N) is 2. The third kappa shape index (κ3) is 5.63. The summed E-state index contributed by atoms with van der Waals surface area (Å²) in [6.45, 7) is 6.68. The van der Waals surface area contributed by atoms with Gasteiger partial charge in [0.1, 0.15) is 23.0 Å². The summed E-state index contributed by atoms with van der Waals surface area (Å²) in [6.07, 6.45) is 5.12. The van der Waals surface area contributed by atoms with Gasteiger partial charge in [0.05, 0.1) is 30.9 Å². The molecular formula is C23H31N3O4S. The number of aryl methyl sites for hydroxylation is 2. The van der Waals surface area contributed by atoms with Crippen LogP contribution < -0.4 is 5.56 Å². The number of nitrogens with one attached hydrogen (secondary N) is 1. The van der Waals surface area contributed by atoms with E-state index in [2.05, 4.69) is 23.7 Å². The number of thiophene rings is 1. The van der Waals surface area contributed by atoms with E-state index in [1.807, 2.05) is 12.1 Å². The van der Waals surface area contributed by atoms with E-state index in [1.165, 1.54) is 10.4 Å². The summed E-state index contributed by atoms with van der Waals surface area (Å²) in [5.41, 5.74) is 1.16. The van der Waals surface area contributed by atoms with Crippen molar-refractivity contribution < 1.29 is 14.3 Å². The minimum absolute atomic E-state index is 0.0365. The van der Waals surface area contributed by atoms with Crippen LogP contribution in [-0.4, -0.2) is 45.8 Å². The molecule has 3 aromatic heterocycles. The van der Waals surface area contributed by atoms with Crippen LogP contribution in [0.3, 0.4) is 0 Å². The Hall–Kier alpha value is -2.00. The van der Waals surface area contributed by atoms with Crippen molar-refractivity contribution in [3.05, 3.63) is 50.8 Å². The number of ether oxygens (including phenoxy) is 1. The molecule has 0 bridgehead atoms. The Kier molecular flexibility index (Phi) is 7.22. The monoisotopic (exact) mass is 445 g/mol. The van der Waals surface area contributed by atoms with Gasteiger partial charge in [-0.05, 0) is 55.8 Å². The lowest BCUT2D eigenvalue weighted by Crippen LogP contribution is -2.36. The van der Waals surface area contributed by atoms with E-state index in [1.54, 1.807) is 17.6 Å². The third-order valence-corrected chi connectivity index (χ3v) is 6.81. The van der Waals surface area contributed by atoms with Crippen LogP contribution in [0.2, 0.25) is 0 Å². The van der Waals surface area contributed by atoms with Gasteiger partial charge in [-0.2, -0.15) is 0 Å². The number of fused-ring (bicyclic) bond motifs is 3. The Balaban J connectivity index is 1.41. The van der Waals surface area contributed by atoms with E-state index < -0.39 is 6.10 Å². The highest BCUT2D eigenvalue weighted by Crippen LogP contribution is 2.34. The molecule has 7 nitrogen and oxygen atoms in total. The van der Waals surface area contributed by atoms with Crippen molar-refractivity contribution in [2.24, 2.45) is 5.92 Å². The van der Waals surface area contributed by atoms with Crippen LogP contribution in [0.4, 0.5) is 0 Å². The largest absolute Gasteiger partial charge is 0.467 e. The van der Waals surface area contributed by atoms with Crippen LogP contribution in [0.25, 0.3) is 10.2 Å². The molecule has 8 heteroatoms. The summed E-state index contributed by atoms with van der Waals surface area (Å²) in [4.78, 5) is 24.8. The molecule has 31 heavy (non-hydrogen) atoms. The Morgan fingerprint density at radius 3 is 3.03 bits per heavy atom. The number of H-pyrrole nitrogens is 1. The first-order valence-electron chi connectivity index (χ1n) is 11.0. The number of furan rings is 1. The van der Waals surface area contributed by atoms with Crippen LogP contribution >= 0.6 is 11.3 Å². The van der Waals surface area contributed by atoms with Gasteiger partial charge in [0, 0.05) is 11.4 Å². The maximum Gasteiger partial charge on any atom is 0.259 e. The van der Waals surface area contributed by atoms with Crippen LogP contribution in [0.1, 0.15) is 48.7 Å². The Bertz CT molecular complexity index is 1040. The topological polar surface area (TPSA) is 91.6 Å². The van der Waals surface area contributed by atoms with Gasteiger partial charge >= 0.3 is 0 Å². The second-order valence-electron chi connectivity index (χ2n) is 8.72. The molecule has 0 radical (unpaired) electrons. The Morgan fingerprint density at radius 2 is 2.26 bits per heavy atom. The molecular weight excluding hydrogens is 414 g/mol. The van der Waals surface area contributed by atoms with Crippen molar-refractivity contribution in [3.8, 4) is 0 Å². The molecule has 0 aliphatic heterocycles. The number of aliphatic hydroxyl groups is 1. The first-order valence-corrected chi connectivity index (χ1v) is 11.8. The number of hydrogen-bond acceptors (Lipinski definition) is 7. The van der Waals surface area contributed by atoms with E-state index in [0.29, 0.717) is 31.4 Å². The summed E-state index contributed by atoms with van der Waals surface area (Å²) in [5.74, 6) is 1.94. The van der Waals surface area contributed by atoms with Gasteiger partial charge in [-0.15, -0.1) is 11.3 Å². The van der Waals surface area contributed by atoms with Gasteiger partial charge in [-0.3, -0.25) is 9.69 Å². The van der Waals surface area contributed by atoms with E-state index in [4.69, 9.17) is 14.1 Å². The van der Waals surface area contributed by atoms with Gasteiger partial charge < -0.3 is 19.2 Å². The summed E-state index contributed by atoms with van der Waals surface area (Å²) in [6, 6.07) is 3.66. The zero-order valence-electron chi connectivity index (χ0n) is 18.2. The van der Waals surface area contributed by atoms with Crippen molar-refractivity contribution in [2.45, 2.75) is 58.8 Å². The summed E-state index contributed by atoms with van der Waals surface area (Å²) >= 11 is 1.66. The number of aromatic nitrogens is 2. The van der Waals surface area contributed by atoms with Gasteiger partial charge in [0.15, 0.2) is 0 Å². The first kappa shape index (κ1) is 22.2. The number of hydrogen-bond donors (Lipinski definition) is 2. The normalized spacial score (nSPS) is 14.7. The molecule has 0 amide bonds. The molecule has 1 aliphatic rings. The van der Waals surface area contributed by atoms with Crippen LogP contribution in [0.5, 0.6) is 0 Å². The van der Waals surface area contributed by atoms with Crippen LogP contribution in [0.15, 0.2) is 27.6 Å². The molecule has 4 rings (SSSR count). The molecule has 0 fully saturated rings. The van der Waals surface area contributed by atoms with Gasteiger partial charge in [-0.25, -0.2) is 4.98 Å². The zero-order valence-corrected chi connectivity index (χ0v) is 19.0. The molecule has 1 aliphatic carbocycles. The van der Waals surface area contributed by atoms with E-state index >= 15 is 0 Å². The predicted octanol–water partition coefficient (Wildman–Crippen LogP) is 3.49. The second-order valence-corrected chi connectivity index (χ2v) is 9.80. The second kappa shape index (κ2) is 10.1. The lowest BCUT2D eigenvalue weighted by molar-refractivity contribution is 0.00291. The highest BCUT2D eigenvalue weighted by molar-refractivity contribution is 7.18. The fourth-order valence-corrected chi connectivity index (χ4v) is 5.33. The molecule has 0 aromatic carbocycles. The van der Waals surface area contributed by atoms with Gasteiger partial charge in [0.25, 0.3) is 5.56 Å². The average Bonchev–Trinajstić information content (AvgIpc) is 3.43. The highest BCUT2D eigenvalue weighted by atomic mass is 32.1. The number of rotatable bonds is 11. The Labute approximate surface area is 186 Å². The molecule has 3 heterocycles. The Morgan fingerprint density at radius 1 is 1.39 bits per heavy atom. The molecule has 3 aromatic rings. The summed E-state index contributed by atoms with van der Waals surface area (Å²) < 4.78 is 10.8. The molecule has 0 unspecified atom stereocenters. The van der Waals surface area contributed by atoms with Crippen molar-refractivity contribution in [1.29, 1.82) is 0 Å². The highest BCUT2D eigenvalue weighted by Gasteiger charge is 2.22. The smallest absolute Gasteiger partial charge is 0.259 e. The lowest BCUT2D eigenvalue weighted by atomic mass is 10.1. The van der Waals surface area contributed by atoms with Crippen LogP contribution in [0, 0.1) is 5.92 Å². The summed E-state index contributed by atoms with van der Waals surface area (Å²) in [7, 11) is 0. The SMILES string of the molecule is CC(C)CCN(Cc1nc2sc3c(c2c(=O)[nH]1)CCC3)C[C@@H](O)COCc1ccco1. The molecule has 168 valence electrons. The van der Waals surface area contributed by atoms with E-state index in [9.17, 15) is 9.90 Å². The molecule has 0 saturated carbocycles. The van der Waals surface area contributed by atoms with Crippen molar-refractivity contribution >= 4 is 21.6 Å². The van der Waals surface area contributed by atoms with Gasteiger partial charge in [-0.1, -0.05) is 13.8 Å².